The van der Waals surface area contributed by atoms with Gasteiger partial charge in [-0.05, 0) is 70.2 Å². The maximum absolute atomic E-state index is 12.1. The van der Waals surface area contributed by atoms with Crippen molar-refractivity contribution < 1.29 is 19.4 Å². The zero-order valence-electron chi connectivity index (χ0n) is 14.5. The lowest BCUT2D eigenvalue weighted by atomic mass is 9.86. The lowest BCUT2D eigenvalue weighted by Crippen LogP contribution is -2.40. The van der Waals surface area contributed by atoms with E-state index in [1.165, 1.54) is 0 Å². The highest BCUT2D eigenvalue weighted by Gasteiger charge is 2.26. The number of carboxylic acid groups (broad SMARTS) is 1. The summed E-state index contributed by atoms with van der Waals surface area (Å²) in [6.45, 7) is 5.88. The summed E-state index contributed by atoms with van der Waals surface area (Å²) in [4.78, 5) is 23.0. The highest BCUT2D eigenvalue weighted by molar-refractivity contribution is 5.89. The summed E-state index contributed by atoms with van der Waals surface area (Å²) in [6, 6.07) is 5.31. The molecule has 1 aromatic rings. The largest absolute Gasteiger partial charge is 0.491 e. The third-order valence-electron chi connectivity index (χ3n) is 4.21. The fraction of sp³-hybridized carbons (Fsp3) is 0.556. The van der Waals surface area contributed by atoms with Crippen LogP contribution < -0.4 is 15.4 Å². The predicted octanol–water partition coefficient (Wildman–Crippen LogP) is 3.55. The number of rotatable bonds is 5. The number of carbonyl (C=O) groups is 2. The molecule has 0 saturated heterocycles. The highest BCUT2D eigenvalue weighted by Crippen LogP contribution is 2.25. The number of hydrogen-bond acceptors (Lipinski definition) is 3. The van der Waals surface area contributed by atoms with Crippen LogP contribution in [-0.4, -0.2) is 29.3 Å². The Hall–Kier alpha value is -2.24. The molecule has 0 heterocycles. The van der Waals surface area contributed by atoms with E-state index in [0.717, 1.165) is 11.3 Å². The second-order valence-electron chi connectivity index (χ2n) is 6.63. The van der Waals surface area contributed by atoms with Crippen LogP contribution in [0.15, 0.2) is 18.2 Å². The van der Waals surface area contributed by atoms with Crippen molar-refractivity contribution in [2.45, 2.75) is 58.6 Å². The van der Waals surface area contributed by atoms with Gasteiger partial charge in [-0.1, -0.05) is 0 Å². The average Bonchev–Trinajstić information content (AvgIpc) is 2.50. The van der Waals surface area contributed by atoms with Crippen molar-refractivity contribution in [3.63, 3.8) is 0 Å². The van der Waals surface area contributed by atoms with E-state index in [2.05, 4.69) is 10.6 Å². The van der Waals surface area contributed by atoms with Gasteiger partial charge in [0.2, 0.25) is 0 Å². The Bertz CT molecular complexity index is 593. The fourth-order valence-corrected chi connectivity index (χ4v) is 2.95. The van der Waals surface area contributed by atoms with Crippen LogP contribution in [0, 0.1) is 12.8 Å². The SMILES string of the molecule is Cc1cc(NC(=O)NC2CCC(C(=O)O)CC2)ccc1OC(C)C. The van der Waals surface area contributed by atoms with Crippen LogP contribution in [0.3, 0.4) is 0 Å². The molecule has 3 N–H and O–H groups in total. The Morgan fingerprint density at radius 3 is 2.42 bits per heavy atom. The van der Waals surface area contributed by atoms with Gasteiger partial charge in [0.1, 0.15) is 5.75 Å². The molecule has 1 saturated carbocycles. The van der Waals surface area contributed by atoms with Crippen LogP contribution in [0.2, 0.25) is 0 Å². The molecular weight excluding hydrogens is 308 g/mol. The van der Waals surface area contributed by atoms with Crippen LogP contribution in [-0.2, 0) is 4.79 Å². The molecule has 0 radical (unpaired) electrons. The van der Waals surface area contributed by atoms with E-state index in [-0.39, 0.29) is 24.1 Å². The standard InChI is InChI=1S/C18H26N2O4/c1-11(2)24-16-9-8-15(10-12(16)3)20-18(23)19-14-6-4-13(5-7-14)17(21)22/h8-11,13-14H,4-7H2,1-3H3,(H,21,22)(H2,19,20,23). The summed E-state index contributed by atoms with van der Waals surface area (Å²) in [5, 5.41) is 14.7. The van der Waals surface area contributed by atoms with Crippen LogP contribution in [0.4, 0.5) is 10.5 Å². The number of benzene rings is 1. The number of aliphatic carboxylic acids is 1. The van der Waals surface area contributed by atoms with Crippen molar-refractivity contribution in [1.29, 1.82) is 0 Å². The first kappa shape index (κ1) is 18.1. The molecule has 0 aliphatic heterocycles. The number of aryl methyl sites for hydroxylation is 1. The number of anilines is 1. The smallest absolute Gasteiger partial charge is 0.319 e. The zero-order chi connectivity index (χ0) is 17.7. The second kappa shape index (κ2) is 8.04. The second-order valence-corrected chi connectivity index (χ2v) is 6.63. The van der Waals surface area contributed by atoms with Crippen LogP contribution >= 0.6 is 0 Å². The van der Waals surface area contributed by atoms with Crippen molar-refractivity contribution in [1.82, 2.24) is 5.32 Å². The van der Waals surface area contributed by atoms with E-state index in [1.807, 2.05) is 39.0 Å². The summed E-state index contributed by atoms with van der Waals surface area (Å²) < 4.78 is 5.68. The molecule has 1 aliphatic carbocycles. The van der Waals surface area contributed by atoms with Crippen LogP contribution in [0.25, 0.3) is 0 Å². The minimum Gasteiger partial charge on any atom is -0.491 e. The molecule has 2 amide bonds. The number of amides is 2. The number of nitrogens with one attached hydrogen (secondary N) is 2. The third kappa shape index (κ3) is 5.15. The summed E-state index contributed by atoms with van der Waals surface area (Å²) in [6.07, 6.45) is 2.72. The van der Waals surface area contributed by atoms with E-state index in [9.17, 15) is 9.59 Å². The van der Waals surface area contributed by atoms with Crippen LogP contribution in [0.1, 0.15) is 45.1 Å². The number of carboxylic acids is 1. The summed E-state index contributed by atoms with van der Waals surface area (Å²) in [5.74, 6) is -0.206. The lowest BCUT2D eigenvalue weighted by molar-refractivity contribution is -0.142. The molecule has 132 valence electrons. The fourth-order valence-electron chi connectivity index (χ4n) is 2.95. The van der Waals surface area contributed by atoms with E-state index in [4.69, 9.17) is 9.84 Å². The van der Waals surface area contributed by atoms with Gasteiger partial charge in [-0.25, -0.2) is 4.79 Å². The molecule has 0 unspecified atom stereocenters. The van der Waals surface area contributed by atoms with Crippen molar-refractivity contribution >= 4 is 17.7 Å². The third-order valence-corrected chi connectivity index (χ3v) is 4.21. The Kier molecular flexibility index (Phi) is 6.06. The van der Waals surface area contributed by atoms with E-state index in [1.54, 1.807) is 0 Å². The highest BCUT2D eigenvalue weighted by atomic mass is 16.5. The molecule has 2 rings (SSSR count). The number of hydrogen-bond donors (Lipinski definition) is 3. The van der Waals surface area contributed by atoms with Gasteiger partial charge < -0.3 is 20.5 Å². The van der Waals surface area contributed by atoms with Crippen molar-refractivity contribution in [2.75, 3.05) is 5.32 Å². The molecule has 0 spiro atoms. The number of urea groups is 1. The Morgan fingerprint density at radius 2 is 1.88 bits per heavy atom. The van der Waals surface area contributed by atoms with E-state index < -0.39 is 5.97 Å². The number of ether oxygens (including phenoxy) is 1. The van der Waals surface area contributed by atoms with Crippen molar-refractivity contribution in [3.8, 4) is 5.75 Å². The maximum atomic E-state index is 12.1. The predicted molar refractivity (Wildman–Crippen MR) is 92.5 cm³/mol. The van der Waals surface area contributed by atoms with Gasteiger partial charge in [-0.15, -0.1) is 0 Å². The molecule has 1 fully saturated rings. The number of carbonyl (C=O) groups excluding carboxylic acids is 1. The molecule has 24 heavy (non-hydrogen) atoms. The topological polar surface area (TPSA) is 87.7 Å². The van der Waals surface area contributed by atoms with E-state index >= 15 is 0 Å². The quantitative estimate of drug-likeness (QED) is 0.768. The molecule has 6 nitrogen and oxygen atoms in total. The molecule has 1 aliphatic rings. The first-order valence-corrected chi connectivity index (χ1v) is 8.42. The minimum atomic E-state index is -0.739. The summed E-state index contributed by atoms with van der Waals surface area (Å²) in [5.41, 5.74) is 1.67. The molecule has 1 aromatic carbocycles. The summed E-state index contributed by atoms with van der Waals surface area (Å²) in [7, 11) is 0. The monoisotopic (exact) mass is 334 g/mol. The average molecular weight is 334 g/mol. The van der Waals surface area contributed by atoms with Gasteiger partial charge in [-0.3, -0.25) is 4.79 Å². The van der Waals surface area contributed by atoms with Gasteiger partial charge in [0, 0.05) is 11.7 Å². The summed E-state index contributed by atoms with van der Waals surface area (Å²) >= 11 is 0. The van der Waals surface area contributed by atoms with Gasteiger partial charge in [0.25, 0.3) is 0 Å². The molecule has 6 heteroatoms. The normalized spacial score (nSPS) is 20.5. The molecule has 0 aromatic heterocycles. The van der Waals surface area contributed by atoms with Crippen molar-refractivity contribution in [3.05, 3.63) is 23.8 Å². The molecule has 0 bridgehead atoms. The van der Waals surface area contributed by atoms with Crippen LogP contribution in [0.5, 0.6) is 5.75 Å². The Labute approximate surface area is 142 Å². The lowest BCUT2D eigenvalue weighted by Gasteiger charge is -2.26. The first-order valence-electron chi connectivity index (χ1n) is 8.42. The minimum absolute atomic E-state index is 0.0326. The molecular formula is C18H26N2O4. The van der Waals surface area contributed by atoms with Gasteiger partial charge in [0.05, 0.1) is 12.0 Å². The Balaban J connectivity index is 1.84. The van der Waals surface area contributed by atoms with Gasteiger partial charge in [-0.2, -0.15) is 0 Å². The van der Waals surface area contributed by atoms with E-state index in [0.29, 0.717) is 31.4 Å². The molecule has 0 atom stereocenters. The van der Waals surface area contributed by atoms with Gasteiger partial charge >= 0.3 is 12.0 Å². The maximum Gasteiger partial charge on any atom is 0.319 e. The zero-order valence-corrected chi connectivity index (χ0v) is 14.5. The van der Waals surface area contributed by atoms with Crippen molar-refractivity contribution in [2.24, 2.45) is 5.92 Å². The first-order chi connectivity index (χ1) is 11.3. The van der Waals surface area contributed by atoms with Gasteiger partial charge in [0.15, 0.2) is 0 Å². The Morgan fingerprint density at radius 1 is 1.21 bits per heavy atom.